The molecule has 0 aromatic rings. The van der Waals surface area contributed by atoms with Crippen LogP contribution in [0, 0.1) is 0 Å². The minimum Gasteiger partial charge on any atom is -0.451 e. The van der Waals surface area contributed by atoms with E-state index in [2.05, 4.69) is 15.9 Å². The molecule has 0 bridgehead atoms. The lowest BCUT2D eigenvalue weighted by Crippen LogP contribution is -2.21. The molecule has 0 aliphatic carbocycles. The second-order valence-electron chi connectivity index (χ2n) is 2.13. The largest absolute Gasteiger partial charge is 0.451 e. The van der Waals surface area contributed by atoms with Gasteiger partial charge in [-0.25, -0.2) is 4.79 Å². The molecule has 0 saturated carbocycles. The SMILES string of the molecule is C[C@@H](O)[C@H]1C=C(Br)C(=O)O1. The number of aliphatic hydroxyl groups is 1. The molecule has 0 radical (unpaired) electrons. The molecule has 0 spiro atoms. The van der Waals surface area contributed by atoms with Crippen LogP contribution in [0.25, 0.3) is 0 Å². The van der Waals surface area contributed by atoms with Gasteiger partial charge in [-0.05, 0) is 28.9 Å². The van der Waals surface area contributed by atoms with E-state index in [-0.39, 0.29) is 0 Å². The van der Waals surface area contributed by atoms with E-state index >= 15 is 0 Å². The fourth-order valence-electron chi connectivity index (χ4n) is 0.664. The van der Waals surface area contributed by atoms with Gasteiger partial charge in [0.2, 0.25) is 0 Å². The molecule has 2 atom stereocenters. The summed E-state index contributed by atoms with van der Waals surface area (Å²) < 4.78 is 5.09. The summed E-state index contributed by atoms with van der Waals surface area (Å²) in [4.78, 5) is 10.6. The molecule has 0 amide bonds. The number of hydrogen-bond donors (Lipinski definition) is 1. The molecular weight excluding hydrogens is 200 g/mol. The molecule has 56 valence electrons. The molecular formula is C6H7BrO3. The summed E-state index contributed by atoms with van der Waals surface area (Å²) in [6.45, 7) is 1.57. The highest BCUT2D eigenvalue weighted by molar-refractivity contribution is 9.12. The predicted molar refractivity (Wildman–Crippen MR) is 38.6 cm³/mol. The number of esters is 1. The second kappa shape index (κ2) is 2.72. The van der Waals surface area contributed by atoms with E-state index in [0.717, 1.165) is 0 Å². The van der Waals surface area contributed by atoms with Crippen LogP contribution in [0.4, 0.5) is 0 Å². The molecule has 1 aliphatic heterocycles. The number of carbonyl (C=O) groups excluding carboxylic acids is 1. The standard InChI is InChI=1S/C6H7BrO3/c1-3(8)5-2-4(7)6(9)10-5/h2-3,5,8H,1H3/t3-,5-/m1/s1. The van der Waals surface area contributed by atoms with Gasteiger partial charge in [-0.3, -0.25) is 0 Å². The first kappa shape index (κ1) is 7.75. The van der Waals surface area contributed by atoms with Gasteiger partial charge in [-0.15, -0.1) is 0 Å². The third-order valence-electron chi connectivity index (χ3n) is 1.22. The monoisotopic (exact) mass is 206 g/mol. The van der Waals surface area contributed by atoms with Crippen LogP contribution in [0.15, 0.2) is 10.6 Å². The van der Waals surface area contributed by atoms with Crippen molar-refractivity contribution in [3.8, 4) is 0 Å². The van der Waals surface area contributed by atoms with Crippen LogP contribution in [0.2, 0.25) is 0 Å². The van der Waals surface area contributed by atoms with Crippen molar-refractivity contribution in [3.05, 3.63) is 10.6 Å². The highest BCUT2D eigenvalue weighted by Crippen LogP contribution is 2.20. The fraction of sp³-hybridized carbons (Fsp3) is 0.500. The summed E-state index contributed by atoms with van der Waals surface area (Å²) in [7, 11) is 0. The topological polar surface area (TPSA) is 46.5 Å². The lowest BCUT2D eigenvalue weighted by Gasteiger charge is -2.09. The van der Waals surface area contributed by atoms with Crippen molar-refractivity contribution in [2.24, 2.45) is 0 Å². The average Bonchev–Trinajstić information content (AvgIpc) is 2.13. The molecule has 1 rings (SSSR count). The van der Waals surface area contributed by atoms with Gasteiger partial charge in [0.1, 0.15) is 10.6 Å². The van der Waals surface area contributed by atoms with E-state index in [4.69, 9.17) is 9.84 Å². The molecule has 1 aliphatic rings. The first-order chi connectivity index (χ1) is 4.61. The Kier molecular flexibility index (Phi) is 2.11. The van der Waals surface area contributed by atoms with E-state index in [1.54, 1.807) is 13.0 Å². The minimum atomic E-state index is -0.640. The highest BCUT2D eigenvalue weighted by Gasteiger charge is 2.26. The summed E-state index contributed by atoms with van der Waals surface area (Å²) >= 11 is 2.99. The predicted octanol–water partition coefficient (Wildman–Crippen LogP) is 0.571. The second-order valence-corrected chi connectivity index (χ2v) is 2.98. The van der Waals surface area contributed by atoms with Crippen molar-refractivity contribution in [1.82, 2.24) is 0 Å². The zero-order valence-corrected chi connectivity index (χ0v) is 6.96. The van der Waals surface area contributed by atoms with Crippen LogP contribution >= 0.6 is 15.9 Å². The molecule has 0 fully saturated rings. The molecule has 10 heavy (non-hydrogen) atoms. The number of halogens is 1. The average molecular weight is 207 g/mol. The number of carbonyl (C=O) groups is 1. The summed E-state index contributed by atoms with van der Waals surface area (Å²) in [5.41, 5.74) is 0. The van der Waals surface area contributed by atoms with Gasteiger partial charge in [0.15, 0.2) is 0 Å². The summed E-state index contributed by atoms with van der Waals surface area (Å²) in [6.07, 6.45) is 0.424. The highest BCUT2D eigenvalue weighted by atomic mass is 79.9. The summed E-state index contributed by atoms with van der Waals surface area (Å²) in [5.74, 6) is -0.411. The summed E-state index contributed by atoms with van der Waals surface area (Å²) in [6, 6.07) is 0. The van der Waals surface area contributed by atoms with Crippen molar-refractivity contribution in [3.63, 3.8) is 0 Å². The van der Waals surface area contributed by atoms with Gasteiger partial charge >= 0.3 is 5.97 Å². The third kappa shape index (κ3) is 1.38. The molecule has 0 aromatic carbocycles. The molecule has 1 heterocycles. The minimum absolute atomic E-state index is 0.387. The normalized spacial score (nSPS) is 27.7. The van der Waals surface area contributed by atoms with Gasteiger partial charge in [0, 0.05) is 0 Å². The Morgan fingerprint density at radius 1 is 1.90 bits per heavy atom. The zero-order valence-electron chi connectivity index (χ0n) is 5.37. The quantitative estimate of drug-likeness (QED) is 0.639. The van der Waals surface area contributed by atoms with Crippen molar-refractivity contribution in [1.29, 1.82) is 0 Å². The van der Waals surface area contributed by atoms with Crippen molar-refractivity contribution in [2.75, 3.05) is 0 Å². The van der Waals surface area contributed by atoms with Crippen LogP contribution in [-0.4, -0.2) is 23.3 Å². The smallest absolute Gasteiger partial charge is 0.345 e. The van der Waals surface area contributed by atoms with Gasteiger partial charge in [-0.2, -0.15) is 0 Å². The number of ether oxygens (including phenoxy) is 1. The van der Waals surface area contributed by atoms with Crippen LogP contribution < -0.4 is 0 Å². The maximum atomic E-state index is 10.6. The Labute approximate surface area is 66.8 Å². The van der Waals surface area contributed by atoms with E-state index < -0.39 is 18.2 Å². The molecule has 4 heteroatoms. The van der Waals surface area contributed by atoms with Gasteiger partial charge in [0.25, 0.3) is 0 Å². The number of hydrogen-bond acceptors (Lipinski definition) is 3. The van der Waals surface area contributed by atoms with E-state index in [9.17, 15) is 4.79 Å². The molecule has 3 nitrogen and oxygen atoms in total. The van der Waals surface area contributed by atoms with Crippen LogP contribution in [0.3, 0.4) is 0 Å². The van der Waals surface area contributed by atoms with Crippen LogP contribution in [-0.2, 0) is 9.53 Å². The Hall–Kier alpha value is -0.350. The van der Waals surface area contributed by atoms with Gasteiger partial charge in [-0.1, -0.05) is 0 Å². The summed E-state index contributed by atoms with van der Waals surface area (Å²) in [5, 5.41) is 8.95. The third-order valence-corrected chi connectivity index (χ3v) is 1.81. The maximum Gasteiger partial charge on any atom is 0.345 e. The molecule has 0 unspecified atom stereocenters. The van der Waals surface area contributed by atoms with Crippen molar-refractivity contribution in [2.45, 2.75) is 19.1 Å². The van der Waals surface area contributed by atoms with Gasteiger partial charge < -0.3 is 9.84 Å². The Morgan fingerprint density at radius 2 is 2.50 bits per heavy atom. The van der Waals surface area contributed by atoms with Gasteiger partial charge in [0.05, 0.1) is 6.10 Å². The lowest BCUT2D eigenvalue weighted by atomic mass is 10.2. The lowest BCUT2D eigenvalue weighted by molar-refractivity contribution is -0.142. The van der Waals surface area contributed by atoms with Crippen molar-refractivity contribution < 1.29 is 14.6 Å². The van der Waals surface area contributed by atoms with E-state index in [0.29, 0.717) is 4.48 Å². The van der Waals surface area contributed by atoms with Crippen LogP contribution in [0.1, 0.15) is 6.92 Å². The van der Waals surface area contributed by atoms with E-state index in [1.807, 2.05) is 0 Å². The Bertz CT molecular complexity index is 185. The van der Waals surface area contributed by atoms with Crippen LogP contribution in [0.5, 0.6) is 0 Å². The fourth-order valence-corrected chi connectivity index (χ4v) is 1.02. The van der Waals surface area contributed by atoms with Crippen molar-refractivity contribution >= 4 is 21.9 Å². The molecule has 0 saturated heterocycles. The first-order valence-electron chi connectivity index (χ1n) is 2.87. The zero-order chi connectivity index (χ0) is 7.72. The number of cyclic esters (lactones) is 1. The molecule has 0 aromatic heterocycles. The Balaban J connectivity index is 2.65. The van der Waals surface area contributed by atoms with E-state index in [1.165, 1.54) is 0 Å². The molecule has 1 N–H and O–H groups in total. The maximum absolute atomic E-state index is 10.6. The number of rotatable bonds is 1. The Morgan fingerprint density at radius 3 is 2.70 bits per heavy atom. The first-order valence-corrected chi connectivity index (χ1v) is 3.67. The number of aliphatic hydroxyl groups excluding tert-OH is 1.